The number of methoxy groups -OCH3 is 1. The molecule has 7 nitrogen and oxygen atoms in total. The van der Waals surface area contributed by atoms with Crippen LogP contribution in [0.5, 0.6) is 5.75 Å². The fraction of sp³-hybridized carbons (Fsp3) is 0.650. The molecule has 1 aromatic heterocycles. The quantitative estimate of drug-likeness (QED) is 0.756. The molecule has 146 valence electrons. The molecule has 1 aromatic carbocycles. The van der Waals surface area contributed by atoms with Crippen molar-refractivity contribution in [3.63, 3.8) is 0 Å². The zero-order valence-corrected chi connectivity index (χ0v) is 16.5. The van der Waals surface area contributed by atoms with Crippen molar-refractivity contribution in [3.05, 3.63) is 35.7 Å². The summed E-state index contributed by atoms with van der Waals surface area (Å²) in [5, 5.41) is 13.1. The molecule has 4 rings (SSSR count). The topological polar surface area (TPSA) is 61.7 Å². The molecule has 2 fully saturated rings. The number of rotatable bonds is 5. The van der Waals surface area contributed by atoms with E-state index in [0.717, 1.165) is 24.7 Å². The van der Waals surface area contributed by atoms with Crippen LogP contribution in [0.2, 0.25) is 0 Å². The van der Waals surface area contributed by atoms with Gasteiger partial charge in [-0.1, -0.05) is 19.3 Å². The van der Waals surface area contributed by atoms with E-state index in [0.29, 0.717) is 6.04 Å². The number of likely N-dealkylation sites (N-methyl/N-ethyl adjacent to an activating group) is 1. The van der Waals surface area contributed by atoms with Crippen LogP contribution >= 0.6 is 0 Å². The van der Waals surface area contributed by atoms with E-state index in [-0.39, 0.29) is 6.04 Å². The van der Waals surface area contributed by atoms with Crippen molar-refractivity contribution < 1.29 is 14.5 Å². The van der Waals surface area contributed by atoms with Crippen molar-refractivity contribution in [2.24, 2.45) is 0 Å². The lowest BCUT2D eigenvalue weighted by Gasteiger charge is -2.33. The molecule has 0 amide bonds. The number of aromatic nitrogens is 4. The second kappa shape index (κ2) is 8.35. The Balaban J connectivity index is 1.68. The van der Waals surface area contributed by atoms with Crippen LogP contribution in [-0.2, 0) is 0 Å². The molecule has 27 heavy (non-hydrogen) atoms. The summed E-state index contributed by atoms with van der Waals surface area (Å²) in [5.74, 6) is 1.92. The number of hydrogen-bond acceptors (Lipinski definition) is 4. The molecule has 0 radical (unpaired) electrons. The highest BCUT2D eigenvalue weighted by Gasteiger charge is 2.36. The van der Waals surface area contributed by atoms with Gasteiger partial charge in [0.25, 0.3) is 0 Å². The Labute approximate surface area is 161 Å². The highest BCUT2D eigenvalue weighted by atomic mass is 16.5. The fourth-order valence-corrected chi connectivity index (χ4v) is 4.63. The third-order valence-electron chi connectivity index (χ3n) is 6.30. The minimum atomic E-state index is 0.181. The predicted molar refractivity (Wildman–Crippen MR) is 102 cm³/mol. The van der Waals surface area contributed by atoms with Gasteiger partial charge in [0.2, 0.25) is 5.82 Å². The van der Waals surface area contributed by atoms with Crippen molar-refractivity contribution in [2.45, 2.75) is 44.2 Å². The monoisotopic (exact) mass is 372 g/mol. The first-order valence-electron chi connectivity index (χ1n) is 10.3. The number of tetrazole rings is 1. The number of nitrogens with zero attached hydrogens (tertiary/aromatic N) is 4. The normalized spacial score (nSPS) is 25.3. The Morgan fingerprint density at radius 3 is 2.41 bits per heavy atom. The summed E-state index contributed by atoms with van der Waals surface area (Å²) >= 11 is 0. The van der Waals surface area contributed by atoms with Crippen molar-refractivity contribution in [1.29, 1.82) is 0 Å². The number of piperazine rings is 1. The maximum atomic E-state index is 5.36. The average Bonchev–Trinajstić information content (AvgIpc) is 3.20. The Morgan fingerprint density at radius 2 is 1.74 bits per heavy atom. The number of quaternary nitrogens is 2. The zero-order valence-electron chi connectivity index (χ0n) is 16.5. The van der Waals surface area contributed by atoms with Gasteiger partial charge in [0.15, 0.2) is 6.04 Å². The maximum absolute atomic E-state index is 5.36. The molecule has 0 spiro atoms. The van der Waals surface area contributed by atoms with Crippen LogP contribution in [0.15, 0.2) is 24.3 Å². The summed E-state index contributed by atoms with van der Waals surface area (Å²) in [4.78, 5) is 3.18. The van der Waals surface area contributed by atoms with Gasteiger partial charge < -0.3 is 14.5 Å². The van der Waals surface area contributed by atoms with Gasteiger partial charge in [-0.2, -0.15) is 0 Å². The Morgan fingerprint density at radius 1 is 1.04 bits per heavy atom. The fourth-order valence-electron chi connectivity index (χ4n) is 4.63. The maximum Gasteiger partial charge on any atom is 0.214 e. The molecule has 2 N–H and O–H groups in total. The van der Waals surface area contributed by atoms with Crippen molar-refractivity contribution in [2.75, 3.05) is 40.3 Å². The number of ether oxygens (including phenoxy) is 1. The third kappa shape index (κ3) is 3.99. The molecule has 1 atom stereocenters. The summed E-state index contributed by atoms with van der Waals surface area (Å²) in [6.45, 7) is 4.65. The van der Waals surface area contributed by atoms with E-state index in [2.05, 4.69) is 51.5 Å². The van der Waals surface area contributed by atoms with Crippen LogP contribution in [0.1, 0.15) is 55.6 Å². The summed E-state index contributed by atoms with van der Waals surface area (Å²) in [6.07, 6.45) is 6.28. The van der Waals surface area contributed by atoms with Crippen LogP contribution in [0.25, 0.3) is 0 Å². The van der Waals surface area contributed by atoms with Gasteiger partial charge >= 0.3 is 0 Å². The van der Waals surface area contributed by atoms with E-state index in [1.165, 1.54) is 50.8 Å². The van der Waals surface area contributed by atoms with Crippen LogP contribution in [0, 0.1) is 0 Å². The number of hydrogen-bond donors (Lipinski definition) is 2. The minimum Gasteiger partial charge on any atom is -0.497 e. The average molecular weight is 373 g/mol. The zero-order chi connectivity index (χ0) is 18.6. The first-order valence-corrected chi connectivity index (χ1v) is 10.3. The van der Waals surface area contributed by atoms with Gasteiger partial charge in [0, 0.05) is 5.56 Å². The van der Waals surface area contributed by atoms with Gasteiger partial charge in [-0.05, 0) is 47.5 Å². The second-order valence-corrected chi connectivity index (χ2v) is 8.10. The smallest absolute Gasteiger partial charge is 0.214 e. The summed E-state index contributed by atoms with van der Waals surface area (Å²) < 4.78 is 7.51. The summed E-state index contributed by atoms with van der Waals surface area (Å²) in [6, 6.07) is 9.10. The van der Waals surface area contributed by atoms with E-state index in [4.69, 9.17) is 4.74 Å². The molecule has 7 heteroatoms. The van der Waals surface area contributed by atoms with E-state index in [1.54, 1.807) is 16.9 Å². The molecule has 1 saturated heterocycles. The molecule has 1 aliphatic carbocycles. The molecule has 0 unspecified atom stereocenters. The first-order chi connectivity index (χ1) is 13.3. The molecule has 2 heterocycles. The summed E-state index contributed by atoms with van der Waals surface area (Å²) in [7, 11) is 4.00. The first kappa shape index (κ1) is 18.4. The van der Waals surface area contributed by atoms with Crippen molar-refractivity contribution in [1.82, 2.24) is 20.2 Å². The van der Waals surface area contributed by atoms with Gasteiger partial charge in [-0.15, -0.1) is 5.10 Å². The van der Waals surface area contributed by atoms with Crippen LogP contribution in [-0.4, -0.2) is 60.5 Å². The Hall–Kier alpha value is -1.99. The standard InChI is InChI=1S/C20H30N6O/c1-24-12-14-25(15-13-24)19(16-8-10-18(27-2)11-9-16)20-21-22-23-26(20)17-6-4-3-5-7-17/h8-11,17,19H,3-7,12-15H2,1-2H3/p+2/t19-/m1/s1. The molecular weight excluding hydrogens is 340 g/mol. The Kier molecular flexibility index (Phi) is 5.69. The minimum absolute atomic E-state index is 0.181. The molecule has 1 aliphatic heterocycles. The predicted octanol–water partition coefficient (Wildman–Crippen LogP) is -0.310. The van der Waals surface area contributed by atoms with Crippen LogP contribution in [0.4, 0.5) is 0 Å². The molecule has 1 saturated carbocycles. The lowest BCUT2D eigenvalue weighted by Crippen LogP contribution is -3.27. The van der Waals surface area contributed by atoms with Crippen molar-refractivity contribution >= 4 is 0 Å². The van der Waals surface area contributed by atoms with Gasteiger partial charge in [0.1, 0.15) is 31.9 Å². The summed E-state index contributed by atoms with van der Waals surface area (Å²) in [5.41, 5.74) is 1.28. The third-order valence-corrected chi connectivity index (χ3v) is 6.30. The lowest BCUT2D eigenvalue weighted by atomic mass is 9.95. The van der Waals surface area contributed by atoms with Gasteiger partial charge in [-0.3, -0.25) is 0 Å². The molecular formula is C20H32N6O+2. The van der Waals surface area contributed by atoms with E-state index >= 15 is 0 Å². The van der Waals surface area contributed by atoms with E-state index in [1.807, 2.05) is 0 Å². The van der Waals surface area contributed by atoms with Gasteiger partial charge in [-0.25, -0.2) is 4.68 Å². The largest absolute Gasteiger partial charge is 0.497 e. The molecule has 2 aromatic rings. The van der Waals surface area contributed by atoms with Crippen LogP contribution in [0.3, 0.4) is 0 Å². The number of benzene rings is 1. The lowest BCUT2D eigenvalue weighted by molar-refractivity contribution is -1.02. The van der Waals surface area contributed by atoms with Crippen molar-refractivity contribution in [3.8, 4) is 5.75 Å². The second-order valence-electron chi connectivity index (χ2n) is 8.10. The Bertz CT molecular complexity index is 716. The van der Waals surface area contributed by atoms with E-state index in [9.17, 15) is 0 Å². The molecule has 2 aliphatic rings. The molecule has 0 bridgehead atoms. The SMILES string of the molecule is COc1ccc([C@H](c2nnnn2C2CCCCC2)[NH+]2CC[NH+](C)CC2)cc1. The number of nitrogens with one attached hydrogen (secondary N) is 2. The highest BCUT2D eigenvalue weighted by molar-refractivity contribution is 5.30. The van der Waals surface area contributed by atoms with Crippen LogP contribution < -0.4 is 14.5 Å². The van der Waals surface area contributed by atoms with Gasteiger partial charge in [0.05, 0.1) is 20.2 Å². The highest BCUT2D eigenvalue weighted by Crippen LogP contribution is 2.30. The van der Waals surface area contributed by atoms with E-state index < -0.39 is 0 Å².